The van der Waals surface area contributed by atoms with Crippen molar-refractivity contribution in [2.45, 2.75) is 43.9 Å². The van der Waals surface area contributed by atoms with Crippen LogP contribution >= 0.6 is 0 Å². The van der Waals surface area contributed by atoms with Crippen LogP contribution in [0.4, 0.5) is 4.39 Å². The Hall–Kier alpha value is -1.42. The van der Waals surface area contributed by atoms with E-state index in [1.807, 2.05) is 6.07 Å². The molecule has 2 aliphatic heterocycles. The third-order valence-corrected chi connectivity index (χ3v) is 6.40. The van der Waals surface area contributed by atoms with Crippen LogP contribution < -0.4 is 0 Å². The van der Waals surface area contributed by atoms with Crippen LogP contribution in [0.2, 0.25) is 0 Å². The maximum absolute atomic E-state index is 13.8. The molecule has 0 N–H and O–H groups in total. The number of amides is 1. The van der Waals surface area contributed by atoms with E-state index in [-0.39, 0.29) is 11.7 Å². The number of nitrogens with zero attached hydrogens (tertiary/aromatic N) is 1. The lowest BCUT2D eigenvalue weighted by atomic mass is 9.73. The van der Waals surface area contributed by atoms with Crippen LogP contribution in [-0.2, 0) is 14.9 Å². The molecule has 1 aromatic carbocycles. The molecule has 2 unspecified atom stereocenters. The van der Waals surface area contributed by atoms with Gasteiger partial charge in [0.05, 0.1) is 5.41 Å². The number of ether oxygens (including phenoxy) is 1. The second-order valence-corrected chi connectivity index (χ2v) is 7.72. The number of likely N-dealkylation sites (tertiary alicyclic amines) is 1. The number of rotatable bonds is 2. The highest BCUT2D eigenvalue weighted by molar-refractivity contribution is 5.88. The van der Waals surface area contributed by atoms with Crippen LogP contribution in [0, 0.1) is 17.7 Å². The molecule has 0 aromatic heterocycles. The largest absolute Gasteiger partial charge is 0.381 e. The Morgan fingerprint density at radius 2 is 1.79 bits per heavy atom. The van der Waals surface area contributed by atoms with Gasteiger partial charge in [0, 0.05) is 26.3 Å². The van der Waals surface area contributed by atoms with Crippen molar-refractivity contribution in [2.24, 2.45) is 11.8 Å². The molecular formula is C20H26FNO2. The smallest absolute Gasteiger partial charge is 0.233 e. The minimum absolute atomic E-state index is 0.200. The zero-order valence-corrected chi connectivity index (χ0v) is 14.2. The molecule has 2 saturated heterocycles. The first-order valence-corrected chi connectivity index (χ1v) is 9.32. The summed E-state index contributed by atoms with van der Waals surface area (Å²) in [5.41, 5.74) is 0.221. The number of carbonyl (C=O) groups is 1. The zero-order chi connectivity index (χ0) is 16.6. The summed E-state index contributed by atoms with van der Waals surface area (Å²) in [7, 11) is 0. The Bertz CT molecular complexity index is 597. The average molecular weight is 331 g/mol. The molecule has 4 heteroatoms. The van der Waals surface area contributed by atoms with Crippen LogP contribution in [0.3, 0.4) is 0 Å². The van der Waals surface area contributed by atoms with Gasteiger partial charge in [-0.3, -0.25) is 4.79 Å². The van der Waals surface area contributed by atoms with Crippen molar-refractivity contribution >= 4 is 5.91 Å². The topological polar surface area (TPSA) is 29.5 Å². The molecule has 1 aliphatic carbocycles. The maximum atomic E-state index is 13.8. The second-order valence-electron chi connectivity index (χ2n) is 7.72. The fourth-order valence-electron chi connectivity index (χ4n) is 5.01. The highest BCUT2D eigenvalue weighted by Gasteiger charge is 2.47. The van der Waals surface area contributed by atoms with Crippen molar-refractivity contribution in [1.29, 1.82) is 0 Å². The van der Waals surface area contributed by atoms with Gasteiger partial charge in [-0.2, -0.15) is 0 Å². The molecule has 1 amide bonds. The van der Waals surface area contributed by atoms with Gasteiger partial charge in [-0.15, -0.1) is 0 Å². The van der Waals surface area contributed by atoms with Gasteiger partial charge in [-0.05, 0) is 55.2 Å². The first-order valence-electron chi connectivity index (χ1n) is 9.32. The minimum Gasteiger partial charge on any atom is -0.381 e. The van der Waals surface area contributed by atoms with Crippen molar-refractivity contribution < 1.29 is 13.9 Å². The molecule has 3 fully saturated rings. The van der Waals surface area contributed by atoms with E-state index in [1.54, 1.807) is 12.1 Å². The number of hydrogen-bond donors (Lipinski definition) is 0. The molecule has 24 heavy (non-hydrogen) atoms. The van der Waals surface area contributed by atoms with Crippen molar-refractivity contribution in [3.05, 3.63) is 35.6 Å². The Morgan fingerprint density at radius 1 is 1.12 bits per heavy atom. The van der Waals surface area contributed by atoms with Crippen LogP contribution in [0.25, 0.3) is 0 Å². The summed E-state index contributed by atoms with van der Waals surface area (Å²) >= 11 is 0. The van der Waals surface area contributed by atoms with Gasteiger partial charge in [-0.1, -0.05) is 25.0 Å². The molecule has 1 aromatic rings. The summed E-state index contributed by atoms with van der Waals surface area (Å²) in [4.78, 5) is 15.6. The molecule has 0 spiro atoms. The van der Waals surface area contributed by atoms with Crippen molar-refractivity contribution in [3.8, 4) is 0 Å². The number of hydrogen-bond acceptors (Lipinski definition) is 2. The monoisotopic (exact) mass is 331 g/mol. The van der Waals surface area contributed by atoms with Crippen molar-refractivity contribution in [3.63, 3.8) is 0 Å². The van der Waals surface area contributed by atoms with E-state index in [2.05, 4.69) is 4.90 Å². The zero-order valence-electron chi connectivity index (χ0n) is 14.2. The van der Waals surface area contributed by atoms with Gasteiger partial charge in [0.25, 0.3) is 0 Å². The van der Waals surface area contributed by atoms with Crippen molar-refractivity contribution in [1.82, 2.24) is 4.90 Å². The molecular weight excluding hydrogens is 305 g/mol. The summed E-state index contributed by atoms with van der Waals surface area (Å²) in [5, 5.41) is 0. The minimum atomic E-state index is -0.603. The van der Waals surface area contributed by atoms with E-state index in [1.165, 1.54) is 31.7 Å². The molecule has 0 radical (unpaired) electrons. The van der Waals surface area contributed by atoms with Crippen LogP contribution in [0.1, 0.15) is 44.1 Å². The van der Waals surface area contributed by atoms with Gasteiger partial charge in [0.15, 0.2) is 0 Å². The fraction of sp³-hybridized carbons (Fsp3) is 0.650. The summed E-state index contributed by atoms with van der Waals surface area (Å²) in [6.07, 6.45) is 6.41. The molecule has 0 bridgehead atoms. The highest BCUT2D eigenvalue weighted by Crippen LogP contribution is 2.41. The van der Waals surface area contributed by atoms with Crippen LogP contribution in [0.5, 0.6) is 0 Å². The lowest BCUT2D eigenvalue weighted by molar-refractivity contribution is -0.140. The Balaban J connectivity index is 1.63. The number of benzene rings is 1. The standard InChI is InChI=1S/C20H26FNO2/c21-18-7-3-6-17(12-18)20(8-10-24-11-9-20)19(23)22-13-15-4-1-2-5-16(15)14-22/h3,6-7,12,15-16H,1-2,4-5,8-11,13-14H2. The van der Waals surface area contributed by atoms with Crippen molar-refractivity contribution in [2.75, 3.05) is 26.3 Å². The molecule has 2 atom stereocenters. The van der Waals surface area contributed by atoms with E-state index in [9.17, 15) is 9.18 Å². The fourth-order valence-corrected chi connectivity index (χ4v) is 5.01. The molecule has 3 nitrogen and oxygen atoms in total. The lowest BCUT2D eigenvalue weighted by Gasteiger charge is -2.39. The summed E-state index contributed by atoms with van der Waals surface area (Å²) < 4.78 is 19.3. The van der Waals surface area contributed by atoms with E-state index < -0.39 is 5.41 Å². The first kappa shape index (κ1) is 16.1. The number of carbonyl (C=O) groups excluding carboxylic acids is 1. The van der Waals surface area contributed by atoms with Gasteiger partial charge in [0.1, 0.15) is 5.82 Å². The summed E-state index contributed by atoms with van der Waals surface area (Å²) in [5.74, 6) is 1.28. The van der Waals surface area contributed by atoms with Crippen LogP contribution in [-0.4, -0.2) is 37.1 Å². The third-order valence-electron chi connectivity index (χ3n) is 6.40. The van der Waals surface area contributed by atoms with E-state index >= 15 is 0 Å². The second kappa shape index (κ2) is 6.47. The van der Waals surface area contributed by atoms with Gasteiger partial charge in [0.2, 0.25) is 5.91 Å². The summed E-state index contributed by atoms with van der Waals surface area (Å²) in [6.45, 7) is 2.93. The predicted octanol–water partition coefficient (Wildman–Crippen LogP) is 3.52. The Morgan fingerprint density at radius 3 is 2.42 bits per heavy atom. The third kappa shape index (κ3) is 2.75. The lowest BCUT2D eigenvalue weighted by Crippen LogP contribution is -2.49. The van der Waals surface area contributed by atoms with Gasteiger partial charge < -0.3 is 9.64 Å². The normalized spacial score (nSPS) is 29.3. The molecule has 130 valence electrons. The SMILES string of the molecule is O=C(N1CC2CCCCC2C1)C1(c2cccc(F)c2)CCOCC1. The van der Waals surface area contributed by atoms with Gasteiger partial charge in [-0.25, -0.2) is 4.39 Å². The Kier molecular flexibility index (Phi) is 4.33. The average Bonchev–Trinajstić information content (AvgIpc) is 3.06. The quantitative estimate of drug-likeness (QED) is 0.830. The molecule has 2 heterocycles. The summed E-state index contributed by atoms with van der Waals surface area (Å²) in [6, 6.07) is 6.63. The molecule has 1 saturated carbocycles. The van der Waals surface area contributed by atoms with E-state index in [0.717, 1.165) is 18.7 Å². The van der Waals surface area contributed by atoms with Crippen LogP contribution in [0.15, 0.2) is 24.3 Å². The number of halogens is 1. The van der Waals surface area contributed by atoms with Gasteiger partial charge >= 0.3 is 0 Å². The predicted molar refractivity (Wildman–Crippen MR) is 90.2 cm³/mol. The molecule has 3 aliphatic rings. The Labute approximate surface area is 143 Å². The molecule has 4 rings (SSSR count). The highest BCUT2D eigenvalue weighted by atomic mass is 19.1. The maximum Gasteiger partial charge on any atom is 0.233 e. The first-order chi connectivity index (χ1) is 11.7. The number of fused-ring (bicyclic) bond motifs is 1. The van der Waals surface area contributed by atoms with E-state index in [4.69, 9.17) is 4.74 Å². The van der Waals surface area contributed by atoms with E-state index in [0.29, 0.717) is 37.9 Å².